The molecule has 0 unspecified atom stereocenters. The SMILES string of the molecule is COc1cc(/C=C2\NC(=S)N(C)C2=O)cc(Cl)c1O. The highest BCUT2D eigenvalue weighted by Gasteiger charge is 2.27. The smallest absolute Gasteiger partial charge is 0.276 e. The molecule has 0 atom stereocenters. The summed E-state index contributed by atoms with van der Waals surface area (Å²) in [4.78, 5) is 13.2. The number of hydrogen-bond donors (Lipinski definition) is 2. The van der Waals surface area contributed by atoms with Crippen molar-refractivity contribution in [1.29, 1.82) is 0 Å². The number of amides is 1. The number of hydrogen-bond acceptors (Lipinski definition) is 4. The third kappa shape index (κ3) is 2.50. The third-order valence-corrected chi connectivity index (χ3v) is 3.33. The van der Waals surface area contributed by atoms with E-state index in [4.69, 9.17) is 28.6 Å². The second-order valence-corrected chi connectivity index (χ2v) is 4.70. The molecule has 19 heavy (non-hydrogen) atoms. The Kier molecular flexibility index (Phi) is 3.64. The van der Waals surface area contributed by atoms with E-state index in [1.54, 1.807) is 19.2 Å². The van der Waals surface area contributed by atoms with E-state index >= 15 is 0 Å². The van der Waals surface area contributed by atoms with Crippen molar-refractivity contribution in [3.63, 3.8) is 0 Å². The van der Waals surface area contributed by atoms with E-state index in [2.05, 4.69) is 5.32 Å². The summed E-state index contributed by atoms with van der Waals surface area (Å²) in [6, 6.07) is 3.10. The number of carbonyl (C=O) groups excluding carboxylic acids is 1. The highest BCUT2D eigenvalue weighted by Crippen LogP contribution is 2.35. The van der Waals surface area contributed by atoms with E-state index < -0.39 is 0 Å². The van der Waals surface area contributed by atoms with E-state index in [9.17, 15) is 9.90 Å². The molecule has 0 aromatic heterocycles. The number of phenols is 1. The summed E-state index contributed by atoms with van der Waals surface area (Å²) in [5.41, 5.74) is 0.963. The number of nitrogens with one attached hydrogen (secondary N) is 1. The lowest BCUT2D eigenvalue weighted by Gasteiger charge is -2.06. The molecule has 0 spiro atoms. The first-order chi connectivity index (χ1) is 8.93. The Labute approximate surface area is 120 Å². The fourth-order valence-corrected chi connectivity index (χ4v) is 2.03. The van der Waals surface area contributed by atoms with E-state index in [-0.39, 0.29) is 22.4 Å². The van der Waals surface area contributed by atoms with Gasteiger partial charge in [-0.05, 0) is 36.0 Å². The monoisotopic (exact) mass is 298 g/mol. The van der Waals surface area contributed by atoms with Gasteiger partial charge in [0.15, 0.2) is 16.6 Å². The third-order valence-electron chi connectivity index (χ3n) is 2.66. The standard InChI is InChI=1S/C12H11ClN2O3S/c1-15-11(17)8(14-12(15)19)4-6-3-7(13)10(16)9(5-6)18-2/h3-5,16H,1-2H3,(H,14,19)/b8-4-. The van der Waals surface area contributed by atoms with Crippen molar-refractivity contribution < 1.29 is 14.6 Å². The van der Waals surface area contributed by atoms with Crippen LogP contribution in [0.25, 0.3) is 6.08 Å². The van der Waals surface area contributed by atoms with Crippen LogP contribution >= 0.6 is 23.8 Å². The van der Waals surface area contributed by atoms with Gasteiger partial charge >= 0.3 is 0 Å². The molecule has 0 bridgehead atoms. The minimum atomic E-state index is -0.229. The molecule has 1 saturated heterocycles. The lowest BCUT2D eigenvalue weighted by Crippen LogP contribution is -2.25. The Bertz CT molecular complexity index is 601. The zero-order valence-electron chi connectivity index (χ0n) is 10.2. The van der Waals surface area contributed by atoms with E-state index in [0.717, 1.165) is 0 Å². The summed E-state index contributed by atoms with van der Waals surface area (Å²) in [5.74, 6) is -0.126. The van der Waals surface area contributed by atoms with Gasteiger partial charge in [-0.2, -0.15) is 0 Å². The second-order valence-electron chi connectivity index (χ2n) is 3.91. The van der Waals surface area contributed by atoms with Crippen LogP contribution in [-0.4, -0.2) is 35.2 Å². The summed E-state index contributed by atoms with van der Waals surface area (Å²) in [6.45, 7) is 0. The van der Waals surface area contributed by atoms with Crippen LogP contribution < -0.4 is 10.1 Å². The molecule has 1 aliphatic rings. The van der Waals surface area contributed by atoms with Gasteiger partial charge in [0, 0.05) is 7.05 Å². The van der Waals surface area contributed by atoms with Gasteiger partial charge in [-0.15, -0.1) is 0 Å². The molecule has 1 aliphatic heterocycles. The molecule has 0 radical (unpaired) electrons. The Morgan fingerprint density at radius 2 is 2.21 bits per heavy atom. The van der Waals surface area contributed by atoms with Gasteiger partial charge in [0.2, 0.25) is 0 Å². The van der Waals surface area contributed by atoms with Gasteiger partial charge in [-0.25, -0.2) is 0 Å². The van der Waals surface area contributed by atoms with Crippen molar-refractivity contribution >= 4 is 40.9 Å². The van der Waals surface area contributed by atoms with Gasteiger partial charge in [0.05, 0.1) is 12.1 Å². The van der Waals surface area contributed by atoms with Gasteiger partial charge in [-0.1, -0.05) is 11.6 Å². The molecular weight excluding hydrogens is 288 g/mol. The highest BCUT2D eigenvalue weighted by molar-refractivity contribution is 7.80. The average Bonchev–Trinajstić information content (AvgIpc) is 2.61. The maximum atomic E-state index is 11.8. The summed E-state index contributed by atoms with van der Waals surface area (Å²) >= 11 is 10.8. The van der Waals surface area contributed by atoms with Crippen molar-refractivity contribution in [2.75, 3.05) is 14.2 Å². The maximum Gasteiger partial charge on any atom is 0.276 e. The number of likely N-dealkylation sites (N-methyl/N-ethyl adjacent to an activating group) is 1. The largest absolute Gasteiger partial charge is 0.503 e. The Balaban J connectivity index is 2.42. The first-order valence-corrected chi connectivity index (χ1v) is 6.10. The van der Waals surface area contributed by atoms with Gasteiger partial charge in [-0.3, -0.25) is 9.69 Å². The van der Waals surface area contributed by atoms with E-state index in [1.165, 1.54) is 18.1 Å². The molecule has 1 aromatic carbocycles. The number of carbonyl (C=O) groups is 1. The first-order valence-electron chi connectivity index (χ1n) is 5.31. The molecule has 1 aromatic rings. The number of ether oxygens (including phenoxy) is 1. The lowest BCUT2D eigenvalue weighted by atomic mass is 10.1. The second kappa shape index (κ2) is 5.07. The molecular formula is C12H11ClN2O3S. The average molecular weight is 299 g/mol. The lowest BCUT2D eigenvalue weighted by molar-refractivity contribution is -0.121. The van der Waals surface area contributed by atoms with Crippen LogP contribution in [0.3, 0.4) is 0 Å². The summed E-state index contributed by atoms with van der Waals surface area (Å²) in [6.07, 6.45) is 1.59. The molecule has 0 aliphatic carbocycles. The van der Waals surface area contributed by atoms with Crippen molar-refractivity contribution in [2.24, 2.45) is 0 Å². The van der Waals surface area contributed by atoms with Crippen molar-refractivity contribution in [3.05, 3.63) is 28.4 Å². The number of nitrogens with zero attached hydrogens (tertiary/aromatic N) is 1. The topological polar surface area (TPSA) is 61.8 Å². The van der Waals surface area contributed by atoms with Gasteiger partial charge in [0.25, 0.3) is 5.91 Å². The number of halogens is 1. The summed E-state index contributed by atoms with van der Waals surface area (Å²) in [5, 5.41) is 12.9. The molecule has 2 N–H and O–H groups in total. The molecule has 2 rings (SSSR count). The zero-order valence-corrected chi connectivity index (χ0v) is 11.8. The number of methoxy groups -OCH3 is 1. The Hall–Kier alpha value is -1.79. The summed E-state index contributed by atoms with van der Waals surface area (Å²) in [7, 11) is 3.01. The normalized spacial score (nSPS) is 17.0. The molecule has 7 heteroatoms. The van der Waals surface area contributed by atoms with Crippen LogP contribution in [0.1, 0.15) is 5.56 Å². The fourth-order valence-electron chi connectivity index (χ4n) is 1.62. The van der Waals surface area contributed by atoms with Crippen molar-refractivity contribution in [2.45, 2.75) is 0 Å². The Morgan fingerprint density at radius 1 is 1.53 bits per heavy atom. The minimum absolute atomic E-state index is 0.135. The van der Waals surface area contributed by atoms with E-state index in [0.29, 0.717) is 16.4 Å². The minimum Gasteiger partial charge on any atom is -0.503 e. The molecule has 1 heterocycles. The molecule has 0 saturated carbocycles. The quantitative estimate of drug-likeness (QED) is 0.643. The van der Waals surface area contributed by atoms with Crippen molar-refractivity contribution in [1.82, 2.24) is 10.2 Å². The van der Waals surface area contributed by atoms with Crippen molar-refractivity contribution in [3.8, 4) is 11.5 Å². The number of aromatic hydroxyl groups is 1. The molecule has 1 fully saturated rings. The predicted molar refractivity (Wildman–Crippen MR) is 76.1 cm³/mol. The van der Waals surface area contributed by atoms with Crippen LogP contribution in [0.15, 0.2) is 17.8 Å². The summed E-state index contributed by atoms with van der Waals surface area (Å²) < 4.78 is 4.99. The fraction of sp³-hybridized carbons (Fsp3) is 0.167. The number of phenolic OH excluding ortho intramolecular Hbond substituents is 1. The number of rotatable bonds is 2. The molecule has 1 amide bonds. The maximum absolute atomic E-state index is 11.8. The molecule has 5 nitrogen and oxygen atoms in total. The zero-order chi connectivity index (χ0) is 14.2. The van der Waals surface area contributed by atoms with Crippen LogP contribution in [0.4, 0.5) is 0 Å². The van der Waals surface area contributed by atoms with Gasteiger partial charge < -0.3 is 15.2 Å². The predicted octanol–water partition coefficient (Wildman–Crippen LogP) is 1.74. The van der Waals surface area contributed by atoms with Crippen LogP contribution in [0.2, 0.25) is 5.02 Å². The molecule has 100 valence electrons. The Morgan fingerprint density at radius 3 is 2.74 bits per heavy atom. The van der Waals surface area contributed by atoms with Crippen LogP contribution in [0.5, 0.6) is 11.5 Å². The highest BCUT2D eigenvalue weighted by atomic mass is 35.5. The van der Waals surface area contributed by atoms with Crippen LogP contribution in [-0.2, 0) is 4.79 Å². The first kappa shape index (κ1) is 13.6. The number of benzene rings is 1. The number of thiocarbonyl (C=S) groups is 1. The van der Waals surface area contributed by atoms with E-state index in [1.807, 2.05) is 0 Å². The van der Waals surface area contributed by atoms with Gasteiger partial charge in [0.1, 0.15) is 5.70 Å². The van der Waals surface area contributed by atoms with Crippen LogP contribution in [0, 0.1) is 0 Å².